The molecule has 17 heavy (non-hydrogen) atoms. The van der Waals surface area contributed by atoms with Gasteiger partial charge in [-0.3, -0.25) is 4.79 Å². The van der Waals surface area contributed by atoms with Crippen molar-refractivity contribution in [2.45, 2.75) is 25.1 Å². The summed E-state index contributed by atoms with van der Waals surface area (Å²) < 4.78 is 43.7. The lowest BCUT2D eigenvalue weighted by Crippen LogP contribution is -2.51. The maximum atomic E-state index is 12.9. The lowest BCUT2D eigenvalue weighted by molar-refractivity contribution is -0.270. The maximum absolute atomic E-state index is 12.9. The van der Waals surface area contributed by atoms with Crippen molar-refractivity contribution in [3.05, 3.63) is 0 Å². The summed E-state index contributed by atoms with van der Waals surface area (Å²) in [5.41, 5.74) is -2.19. The summed E-state index contributed by atoms with van der Waals surface area (Å²) in [7, 11) is 1.58. The van der Waals surface area contributed by atoms with Crippen LogP contribution < -0.4 is 5.32 Å². The zero-order chi connectivity index (χ0) is 13.1. The van der Waals surface area contributed by atoms with Crippen LogP contribution in [0.5, 0.6) is 0 Å². The molecule has 1 unspecified atom stereocenters. The van der Waals surface area contributed by atoms with E-state index in [-0.39, 0.29) is 32.0 Å². The van der Waals surface area contributed by atoms with Crippen molar-refractivity contribution in [1.29, 1.82) is 0 Å². The average molecular weight is 254 g/mol. The molecule has 1 N–H and O–H groups in total. The first kappa shape index (κ1) is 14.2. The first-order valence-corrected chi connectivity index (χ1v) is 5.49. The van der Waals surface area contributed by atoms with Gasteiger partial charge in [0.1, 0.15) is 0 Å². The van der Waals surface area contributed by atoms with E-state index in [1.165, 1.54) is 11.8 Å². The van der Waals surface area contributed by atoms with Gasteiger partial charge in [-0.25, -0.2) is 0 Å². The van der Waals surface area contributed by atoms with Gasteiger partial charge in [0.25, 0.3) is 0 Å². The van der Waals surface area contributed by atoms with E-state index in [4.69, 9.17) is 4.74 Å². The molecule has 1 saturated heterocycles. The van der Waals surface area contributed by atoms with Crippen molar-refractivity contribution in [3.8, 4) is 0 Å². The standard InChI is InChI=1S/C10H17F3N2O2/c1-3-17-9(10(11,12)13)4-5-15(7-9)8(16)6-14-2/h14H,3-7H2,1-2H3. The predicted octanol–water partition coefficient (Wildman–Crippen LogP) is 0.776. The molecular weight excluding hydrogens is 237 g/mol. The summed E-state index contributed by atoms with van der Waals surface area (Å²) in [6.07, 6.45) is -4.64. The molecule has 4 nitrogen and oxygen atoms in total. The normalized spacial score (nSPS) is 25.4. The Labute approximate surface area is 98.1 Å². The summed E-state index contributed by atoms with van der Waals surface area (Å²) in [6, 6.07) is 0. The van der Waals surface area contributed by atoms with E-state index in [1.54, 1.807) is 7.05 Å². The van der Waals surface area contributed by atoms with Crippen LogP contribution in [0.4, 0.5) is 13.2 Å². The number of hydrogen-bond acceptors (Lipinski definition) is 3. The number of alkyl halides is 3. The van der Waals surface area contributed by atoms with Crippen molar-refractivity contribution in [3.63, 3.8) is 0 Å². The van der Waals surface area contributed by atoms with Gasteiger partial charge in [0.05, 0.1) is 13.1 Å². The largest absolute Gasteiger partial charge is 0.419 e. The predicted molar refractivity (Wildman–Crippen MR) is 55.5 cm³/mol. The average Bonchev–Trinajstić information content (AvgIpc) is 2.63. The van der Waals surface area contributed by atoms with Crippen molar-refractivity contribution < 1.29 is 22.7 Å². The highest BCUT2D eigenvalue weighted by molar-refractivity contribution is 5.78. The first-order valence-electron chi connectivity index (χ1n) is 5.49. The molecular formula is C10H17F3N2O2. The molecule has 0 aromatic rings. The van der Waals surface area contributed by atoms with E-state index in [2.05, 4.69) is 5.32 Å². The fourth-order valence-electron chi connectivity index (χ4n) is 1.97. The van der Waals surface area contributed by atoms with Crippen molar-refractivity contribution in [2.24, 2.45) is 0 Å². The van der Waals surface area contributed by atoms with Gasteiger partial charge in [-0.1, -0.05) is 0 Å². The molecule has 0 spiro atoms. The van der Waals surface area contributed by atoms with Crippen LogP contribution in [-0.4, -0.2) is 55.9 Å². The lowest BCUT2D eigenvalue weighted by Gasteiger charge is -2.31. The number of amides is 1. The zero-order valence-corrected chi connectivity index (χ0v) is 9.93. The van der Waals surface area contributed by atoms with Crippen molar-refractivity contribution in [1.82, 2.24) is 10.2 Å². The number of likely N-dealkylation sites (tertiary alicyclic amines) is 1. The third-order valence-corrected chi connectivity index (χ3v) is 2.85. The summed E-state index contributed by atoms with van der Waals surface area (Å²) in [6.45, 7) is 1.21. The molecule has 0 bridgehead atoms. The van der Waals surface area contributed by atoms with E-state index in [0.29, 0.717) is 0 Å². The molecule has 1 rings (SSSR count). The molecule has 1 aliphatic heterocycles. The number of rotatable bonds is 4. The fourth-order valence-corrected chi connectivity index (χ4v) is 1.97. The Morgan fingerprint density at radius 3 is 2.65 bits per heavy atom. The van der Waals surface area contributed by atoms with Crippen LogP contribution in [0.2, 0.25) is 0 Å². The molecule has 1 aliphatic rings. The number of ether oxygens (including phenoxy) is 1. The van der Waals surface area contributed by atoms with Crippen LogP contribution >= 0.6 is 0 Å². The summed E-state index contributed by atoms with van der Waals surface area (Å²) in [5.74, 6) is -0.335. The highest BCUT2D eigenvalue weighted by atomic mass is 19.4. The molecule has 1 heterocycles. The van der Waals surface area contributed by atoms with E-state index in [0.717, 1.165) is 0 Å². The summed E-state index contributed by atoms with van der Waals surface area (Å²) in [5, 5.41) is 2.63. The second-order valence-corrected chi connectivity index (χ2v) is 4.02. The van der Waals surface area contributed by atoms with Crippen molar-refractivity contribution >= 4 is 5.91 Å². The van der Waals surface area contributed by atoms with Gasteiger partial charge in [0, 0.05) is 19.6 Å². The van der Waals surface area contributed by atoms with Gasteiger partial charge in [-0.05, 0) is 14.0 Å². The Morgan fingerprint density at radius 1 is 1.53 bits per heavy atom. The van der Waals surface area contributed by atoms with Gasteiger partial charge < -0.3 is 15.0 Å². The van der Waals surface area contributed by atoms with Crippen LogP contribution in [0, 0.1) is 0 Å². The molecule has 100 valence electrons. The minimum absolute atomic E-state index is 0.0203. The van der Waals surface area contributed by atoms with Gasteiger partial charge >= 0.3 is 6.18 Å². The van der Waals surface area contributed by atoms with Gasteiger partial charge in [-0.15, -0.1) is 0 Å². The van der Waals surface area contributed by atoms with Crippen LogP contribution in [0.25, 0.3) is 0 Å². The quantitative estimate of drug-likeness (QED) is 0.806. The minimum Gasteiger partial charge on any atom is -0.364 e. The molecule has 1 fully saturated rings. The zero-order valence-electron chi connectivity index (χ0n) is 9.93. The number of likely N-dealkylation sites (N-methyl/N-ethyl adjacent to an activating group) is 1. The highest BCUT2D eigenvalue weighted by Crippen LogP contribution is 2.40. The third-order valence-electron chi connectivity index (χ3n) is 2.85. The minimum atomic E-state index is -4.45. The Kier molecular flexibility index (Phi) is 4.37. The first-order chi connectivity index (χ1) is 7.86. The fraction of sp³-hybridized carbons (Fsp3) is 0.900. The third kappa shape index (κ3) is 2.90. The van der Waals surface area contributed by atoms with E-state index < -0.39 is 18.3 Å². The van der Waals surface area contributed by atoms with Gasteiger partial charge in [-0.2, -0.15) is 13.2 Å². The Morgan fingerprint density at radius 2 is 2.18 bits per heavy atom. The number of carbonyl (C=O) groups excluding carboxylic acids is 1. The topological polar surface area (TPSA) is 41.6 Å². The number of halogens is 3. The van der Waals surface area contributed by atoms with Crippen molar-refractivity contribution in [2.75, 3.05) is 33.3 Å². The van der Waals surface area contributed by atoms with Crippen LogP contribution in [0.3, 0.4) is 0 Å². The highest BCUT2D eigenvalue weighted by Gasteiger charge is 2.59. The smallest absolute Gasteiger partial charge is 0.364 e. The van der Waals surface area contributed by atoms with E-state index in [9.17, 15) is 18.0 Å². The SMILES string of the molecule is CCOC1(C(F)(F)F)CCN(C(=O)CNC)C1. The second kappa shape index (κ2) is 5.22. The van der Waals surface area contributed by atoms with E-state index in [1.807, 2.05) is 0 Å². The number of nitrogens with one attached hydrogen (secondary N) is 1. The summed E-state index contributed by atoms with van der Waals surface area (Å²) >= 11 is 0. The Balaban J connectivity index is 2.75. The molecule has 0 aromatic carbocycles. The van der Waals surface area contributed by atoms with Crippen LogP contribution in [-0.2, 0) is 9.53 Å². The monoisotopic (exact) mass is 254 g/mol. The number of carbonyl (C=O) groups is 1. The lowest BCUT2D eigenvalue weighted by atomic mass is 10.0. The van der Waals surface area contributed by atoms with E-state index >= 15 is 0 Å². The number of hydrogen-bond donors (Lipinski definition) is 1. The molecule has 1 atom stereocenters. The van der Waals surface area contributed by atoms with Crippen LogP contribution in [0.1, 0.15) is 13.3 Å². The van der Waals surface area contributed by atoms with Crippen LogP contribution in [0.15, 0.2) is 0 Å². The molecule has 0 saturated carbocycles. The molecule has 0 radical (unpaired) electrons. The maximum Gasteiger partial charge on any atom is 0.419 e. The number of nitrogens with zero attached hydrogens (tertiary/aromatic N) is 1. The molecule has 1 amide bonds. The Hall–Kier alpha value is -0.820. The second-order valence-electron chi connectivity index (χ2n) is 4.02. The Bertz CT molecular complexity index is 283. The molecule has 7 heteroatoms. The summed E-state index contributed by atoms with van der Waals surface area (Å²) in [4.78, 5) is 12.7. The van der Waals surface area contributed by atoms with Gasteiger partial charge in [0.2, 0.25) is 5.91 Å². The van der Waals surface area contributed by atoms with Gasteiger partial charge in [0.15, 0.2) is 5.60 Å². The molecule has 0 aromatic heterocycles. The molecule has 0 aliphatic carbocycles.